The van der Waals surface area contributed by atoms with Gasteiger partial charge in [0.2, 0.25) is 5.95 Å². The molecule has 0 unspecified atom stereocenters. The Kier molecular flexibility index (Phi) is 3.77. The monoisotopic (exact) mass is 338 g/mol. The summed E-state index contributed by atoms with van der Waals surface area (Å²) >= 11 is 6.20. The van der Waals surface area contributed by atoms with Crippen LogP contribution in [0.5, 0.6) is 0 Å². The number of anilines is 1. The fraction of sp³-hybridized carbons (Fsp3) is 0.263. The molecule has 0 amide bonds. The van der Waals surface area contributed by atoms with Gasteiger partial charge in [-0.05, 0) is 54.7 Å². The molecule has 122 valence electrons. The van der Waals surface area contributed by atoms with Gasteiger partial charge in [0, 0.05) is 5.02 Å². The van der Waals surface area contributed by atoms with Crippen molar-refractivity contribution in [1.29, 1.82) is 0 Å². The lowest BCUT2D eigenvalue weighted by molar-refractivity contribution is 0.431. The third-order valence-electron chi connectivity index (χ3n) is 4.80. The molecule has 0 saturated heterocycles. The molecule has 0 saturated carbocycles. The fourth-order valence-corrected chi connectivity index (χ4v) is 3.51. The van der Waals surface area contributed by atoms with Gasteiger partial charge in [-0.3, -0.25) is 0 Å². The predicted molar refractivity (Wildman–Crippen MR) is 96.5 cm³/mol. The number of hydrogen-bond acceptors (Lipinski definition) is 3. The Labute approximate surface area is 146 Å². The first-order chi connectivity index (χ1) is 11.6. The van der Waals surface area contributed by atoms with Crippen molar-refractivity contribution in [1.82, 2.24) is 14.8 Å². The van der Waals surface area contributed by atoms with Crippen LogP contribution in [0.15, 0.2) is 48.8 Å². The zero-order chi connectivity index (χ0) is 16.7. The zero-order valence-corrected chi connectivity index (χ0v) is 14.5. The summed E-state index contributed by atoms with van der Waals surface area (Å²) in [6.45, 7) is 4.29. The first-order valence-corrected chi connectivity index (χ1v) is 8.48. The summed E-state index contributed by atoms with van der Waals surface area (Å²) in [4.78, 5) is 4.38. The van der Waals surface area contributed by atoms with Gasteiger partial charge in [-0.25, -0.2) is 4.68 Å². The SMILES string of the molecule is Cc1ccc([C@@H]2C[C@H](c3cccc(Cl)c3)n3ncnc3N2)cc1C. The molecule has 1 aliphatic heterocycles. The van der Waals surface area contributed by atoms with E-state index in [9.17, 15) is 0 Å². The molecule has 24 heavy (non-hydrogen) atoms. The summed E-state index contributed by atoms with van der Waals surface area (Å²) in [5.74, 6) is 0.800. The van der Waals surface area contributed by atoms with E-state index in [0.29, 0.717) is 0 Å². The first kappa shape index (κ1) is 15.2. The molecular weight excluding hydrogens is 320 g/mol. The molecule has 1 aromatic heterocycles. The van der Waals surface area contributed by atoms with E-state index in [2.05, 4.69) is 53.5 Å². The molecule has 0 radical (unpaired) electrons. The molecule has 0 aliphatic carbocycles. The quantitative estimate of drug-likeness (QED) is 0.736. The van der Waals surface area contributed by atoms with Gasteiger partial charge in [0.1, 0.15) is 6.33 Å². The minimum Gasteiger partial charge on any atom is -0.348 e. The maximum absolute atomic E-state index is 6.20. The Bertz CT molecular complexity index is 887. The largest absolute Gasteiger partial charge is 0.348 e. The van der Waals surface area contributed by atoms with Gasteiger partial charge in [0.05, 0.1) is 12.1 Å². The van der Waals surface area contributed by atoms with Gasteiger partial charge < -0.3 is 5.32 Å². The predicted octanol–water partition coefficient (Wildman–Crippen LogP) is 4.69. The van der Waals surface area contributed by atoms with Gasteiger partial charge in [-0.2, -0.15) is 10.1 Å². The van der Waals surface area contributed by atoms with Gasteiger partial charge in [0.15, 0.2) is 0 Å². The Morgan fingerprint density at radius 3 is 2.75 bits per heavy atom. The molecule has 2 heterocycles. The van der Waals surface area contributed by atoms with Crippen LogP contribution in [0.2, 0.25) is 5.02 Å². The average Bonchev–Trinajstić information content (AvgIpc) is 3.05. The number of halogens is 1. The third-order valence-corrected chi connectivity index (χ3v) is 5.03. The van der Waals surface area contributed by atoms with Crippen molar-refractivity contribution in [3.8, 4) is 0 Å². The lowest BCUT2D eigenvalue weighted by Crippen LogP contribution is -2.28. The Morgan fingerprint density at radius 1 is 1.08 bits per heavy atom. The molecule has 5 heteroatoms. The molecule has 4 rings (SSSR count). The van der Waals surface area contributed by atoms with E-state index in [4.69, 9.17) is 11.6 Å². The summed E-state index contributed by atoms with van der Waals surface area (Å²) in [6, 6.07) is 15.0. The number of rotatable bonds is 2. The second-order valence-corrected chi connectivity index (χ2v) is 6.81. The van der Waals surface area contributed by atoms with Crippen LogP contribution in [0, 0.1) is 13.8 Å². The highest BCUT2D eigenvalue weighted by Gasteiger charge is 2.30. The molecule has 1 aliphatic rings. The number of aryl methyl sites for hydroxylation is 2. The molecule has 2 atom stereocenters. The van der Waals surface area contributed by atoms with Gasteiger partial charge in [0.25, 0.3) is 0 Å². The minimum absolute atomic E-state index is 0.119. The van der Waals surface area contributed by atoms with Gasteiger partial charge >= 0.3 is 0 Å². The van der Waals surface area contributed by atoms with Crippen molar-refractivity contribution in [3.63, 3.8) is 0 Å². The van der Waals surface area contributed by atoms with Crippen molar-refractivity contribution >= 4 is 17.5 Å². The summed E-state index contributed by atoms with van der Waals surface area (Å²) in [6.07, 6.45) is 2.50. The topological polar surface area (TPSA) is 42.7 Å². The van der Waals surface area contributed by atoms with Crippen molar-refractivity contribution in [3.05, 3.63) is 76.1 Å². The molecule has 0 spiro atoms. The maximum Gasteiger partial charge on any atom is 0.222 e. The average molecular weight is 339 g/mol. The van der Waals surface area contributed by atoms with E-state index in [1.807, 2.05) is 22.9 Å². The van der Waals surface area contributed by atoms with E-state index in [0.717, 1.165) is 23.0 Å². The molecule has 1 N–H and O–H groups in total. The number of hydrogen-bond donors (Lipinski definition) is 1. The van der Waals surface area contributed by atoms with Crippen LogP contribution in [0.25, 0.3) is 0 Å². The second kappa shape index (κ2) is 5.95. The Morgan fingerprint density at radius 2 is 1.96 bits per heavy atom. The normalized spacial score (nSPS) is 19.6. The van der Waals surface area contributed by atoms with Crippen molar-refractivity contribution in [2.75, 3.05) is 5.32 Å². The highest BCUT2D eigenvalue weighted by atomic mass is 35.5. The maximum atomic E-state index is 6.20. The number of benzene rings is 2. The lowest BCUT2D eigenvalue weighted by atomic mass is 9.92. The molecule has 2 aromatic carbocycles. The highest BCUT2D eigenvalue weighted by Crippen LogP contribution is 2.38. The van der Waals surface area contributed by atoms with Crippen LogP contribution in [-0.2, 0) is 0 Å². The molecule has 4 nitrogen and oxygen atoms in total. The van der Waals surface area contributed by atoms with E-state index >= 15 is 0 Å². The summed E-state index contributed by atoms with van der Waals surface area (Å²) < 4.78 is 1.95. The number of nitrogens with one attached hydrogen (secondary N) is 1. The Balaban J connectivity index is 1.74. The zero-order valence-electron chi connectivity index (χ0n) is 13.7. The number of fused-ring (bicyclic) bond motifs is 1. The van der Waals surface area contributed by atoms with Gasteiger partial charge in [-0.15, -0.1) is 0 Å². The van der Waals surface area contributed by atoms with Crippen LogP contribution in [0.1, 0.15) is 40.8 Å². The van der Waals surface area contributed by atoms with E-state index < -0.39 is 0 Å². The number of aromatic nitrogens is 3. The standard InChI is InChI=1S/C19H19ClN4/c1-12-6-7-14(8-13(12)2)17-10-18(15-4-3-5-16(20)9-15)24-19(23-17)21-11-22-24/h3-9,11,17-18H,10H2,1-2H3,(H,21,22,23)/t17-,18+/m0/s1. The minimum atomic E-state index is 0.119. The first-order valence-electron chi connectivity index (χ1n) is 8.10. The number of nitrogens with zero attached hydrogens (tertiary/aromatic N) is 3. The van der Waals surface area contributed by atoms with Crippen LogP contribution in [0.4, 0.5) is 5.95 Å². The van der Waals surface area contributed by atoms with Gasteiger partial charge in [-0.1, -0.05) is 41.9 Å². The van der Waals surface area contributed by atoms with Crippen LogP contribution in [-0.4, -0.2) is 14.8 Å². The molecule has 0 bridgehead atoms. The van der Waals surface area contributed by atoms with Crippen molar-refractivity contribution in [2.45, 2.75) is 32.4 Å². The second-order valence-electron chi connectivity index (χ2n) is 6.38. The molecule has 3 aromatic rings. The Hall–Kier alpha value is -2.33. The highest BCUT2D eigenvalue weighted by molar-refractivity contribution is 6.30. The molecule has 0 fully saturated rings. The lowest BCUT2D eigenvalue weighted by Gasteiger charge is -2.32. The van der Waals surface area contributed by atoms with E-state index in [-0.39, 0.29) is 12.1 Å². The summed E-state index contributed by atoms with van der Waals surface area (Å²) in [5.41, 5.74) is 5.05. The third kappa shape index (κ3) is 2.67. The molecular formula is C19H19ClN4. The van der Waals surface area contributed by atoms with E-state index in [1.54, 1.807) is 6.33 Å². The summed E-state index contributed by atoms with van der Waals surface area (Å²) in [5, 5.41) is 8.66. The van der Waals surface area contributed by atoms with E-state index in [1.165, 1.54) is 16.7 Å². The van der Waals surface area contributed by atoms with Crippen molar-refractivity contribution in [2.24, 2.45) is 0 Å². The smallest absolute Gasteiger partial charge is 0.222 e. The fourth-order valence-electron chi connectivity index (χ4n) is 3.31. The van der Waals surface area contributed by atoms with Crippen LogP contribution in [0.3, 0.4) is 0 Å². The summed E-state index contributed by atoms with van der Waals surface area (Å²) in [7, 11) is 0. The van der Waals surface area contributed by atoms with Crippen molar-refractivity contribution < 1.29 is 0 Å². The van der Waals surface area contributed by atoms with Crippen LogP contribution >= 0.6 is 11.6 Å². The van der Waals surface area contributed by atoms with Crippen LogP contribution < -0.4 is 5.32 Å².